The van der Waals surface area contributed by atoms with Crippen LogP contribution in [0, 0.1) is 0 Å². The van der Waals surface area contributed by atoms with Crippen LogP contribution >= 0.6 is 0 Å². The number of cyclic esters (lactones) is 1. The fraction of sp³-hybridized carbons (Fsp3) is 0.235. The van der Waals surface area contributed by atoms with Gasteiger partial charge in [0.25, 0.3) is 0 Å². The molecule has 0 radical (unpaired) electrons. The lowest BCUT2D eigenvalue weighted by Crippen LogP contribution is -2.49. The monoisotopic (exact) mass is 319 g/mol. The number of hydrogen-bond donors (Lipinski definition) is 1. The van der Waals surface area contributed by atoms with Crippen molar-refractivity contribution in [2.45, 2.75) is 18.6 Å². The van der Waals surface area contributed by atoms with Crippen molar-refractivity contribution in [2.75, 3.05) is 6.61 Å². The number of carbonyl (C=O) groups is 1. The summed E-state index contributed by atoms with van der Waals surface area (Å²) in [6, 6.07) is 14.4. The van der Waals surface area contributed by atoms with E-state index in [4.69, 9.17) is 4.74 Å². The molecule has 2 aromatic carbocycles. The smallest absolute Gasteiger partial charge is 0.408 e. The zero-order valence-corrected chi connectivity index (χ0v) is 12.2. The van der Waals surface area contributed by atoms with Crippen LogP contribution in [0.5, 0.6) is 5.75 Å². The molecule has 0 spiro atoms. The molecule has 23 heavy (non-hydrogen) atoms. The lowest BCUT2D eigenvalue weighted by Gasteiger charge is -2.31. The number of carbonyl (C=O) groups excluding carboxylic acids is 1. The summed E-state index contributed by atoms with van der Waals surface area (Å²) in [4.78, 5) is 11.2. The van der Waals surface area contributed by atoms with Crippen LogP contribution in [0.1, 0.15) is 17.2 Å². The predicted octanol–water partition coefficient (Wildman–Crippen LogP) is 3.68. The fourth-order valence-corrected chi connectivity index (χ4v) is 2.36. The molecule has 1 saturated heterocycles. The van der Waals surface area contributed by atoms with E-state index in [9.17, 15) is 13.6 Å². The molecule has 0 unspecified atom stereocenters. The predicted molar refractivity (Wildman–Crippen MR) is 79.4 cm³/mol. The third-order valence-electron chi connectivity index (χ3n) is 3.52. The minimum atomic E-state index is -3.17. The van der Waals surface area contributed by atoms with Crippen LogP contribution < -0.4 is 10.1 Å². The van der Waals surface area contributed by atoms with E-state index in [0.717, 1.165) is 5.56 Å². The highest BCUT2D eigenvalue weighted by Gasteiger charge is 2.46. The first-order valence-corrected chi connectivity index (χ1v) is 7.12. The summed E-state index contributed by atoms with van der Waals surface area (Å²) in [5.41, 5.74) is 1.25. The number of alkyl carbamates (subject to hydrolysis) is 1. The molecule has 3 rings (SSSR count). The number of benzene rings is 2. The van der Waals surface area contributed by atoms with Gasteiger partial charge in [0.2, 0.25) is 0 Å². The van der Waals surface area contributed by atoms with Crippen LogP contribution in [0.3, 0.4) is 0 Å². The second-order valence-electron chi connectivity index (χ2n) is 5.26. The van der Waals surface area contributed by atoms with E-state index in [-0.39, 0.29) is 5.56 Å². The molecule has 1 fully saturated rings. The Labute approximate surface area is 132 Å². The SMILES string of the molecule is O=C1N[C@H](c2cccc(OCc3ccccc3)c2)C(F)(F)CO1. The Hall–Kier alpha value is -2.63. The highest BCUT2D eigenvalue weighted by molar-refractivity contribution is 5.69. The zero-order chi connectivity index (χ0) is 16.3. The summed E-state index contributed by atoms with van der Waals surface area (Å²) in [6.07, 6.45) is -0.850. The molecule has 0 bridgehead atoms. The Morgan fingerprint density at radius 2 is 1.96 bits per heavy atom. The van der Waals surface area contributed by atoms with Gasteiger partial charge in [-0.3, -0.25) is 0 Å². The van der Waals surface area contributed by atoms with Crippen molar-refractivity contribution in [1.82, 2.24) is 5.32 Å². The standard InChI is InChI=1S/C17H15F2NO3/c18-17(19)11-23-16(21)20-15(17)13-7-4-8-14(9-13)22-10-12-5-2-1-3-6-12/h1-9,15H,10-11H2,(H,20,21)/t15-/m1/s1. The second-order valence-corrected chi connectivity index (χ2v) is 5.26. The van der Waals surface area contributed by atoms with Gasteiger partial charge >= 0.3 is 12.0 Å². The molecule has 1 N–H and O–H groups in total. The highest BCUT2D eigenvalue weighted by Crippen LogP contribution is 2.35. The van der Waals surface area contributed by atoms with Gasteiger partial charge in [-0.05, 0) is 23.3 Å². The van der Waals surface area contributed by atoms with Crippen molar-refractivity contribution < 1.29 is 23.0 Å². The summed E-state index contributed by atoms with van der Waals surface area (Å²) in [6.45, 7) is -0.598. The Kier molecular flexibility index (Phi) is 4.14. The van der Waals surface area contributed by atoms with Crippen molar-refractivity contribution in [2.24, 2.45) is 0 Å². The van der Waals surface area contributed by atoms with E-state index in [1.807, 2.05) is 30.3 Å². The van der Waals surface area contributed by atoms with Crippen LogP contribution in [-0.2, 0) is 11.3 Å². The Morgan fingerprint density at radius 1 is 1.17 bits per heavy atom. The molecule has 1 atom stereocenters. The molecule has 1 heterocycles. The summed E-state index contributed by atoms with van der Waals surface area (Å²) < 4.78 is 37.8. The van der Waals surface area contributed by atoms with Gasteiger partial charge in [0, 0.05) is 0 Å². The minimum absolute atomic E-state index is 0.275. The van der Waals surface area contributed by atoms with Crippen molar-refractivity contribution in [3.8, 4) is 5.75 Å². The van der Waals surface area contributed by atoms with E-state index in [1.165, 1.54) is 12.1 Å². The van der Waals surface area contributed by atoms with E-state index in [2.05, 4.69) is 10.1 Å². The van der Waals surface area contributed by atoms with Crippen molar-refractivity contribution >= 4 is 6.09 Å². The van der Waals surface area contributed by atoms with Crippen LogP contribution in [0.25, 0.3) is 0 Å². The molecule has 0 aliphatic carbocycles. The van der Waals surface area contributed by atoms with E-state index in [0.29, 0.717) is 12.4 Å². The highest BCUT2D eigenvalue weighted by atomic mass is 19.3. The Balaban J connectivity index is 1.75. The Morgan fingerprint density at radius 3 is 2.74 bits per heavy atom. The molecule has 0 aromatic heterocycles. The molecule has 0 saturated carbocycles. The summed E-state index contributed by atoms with van der Waals surface area (Å²) in [7, 11) is 0. The van der Waals surface area contributed by atoms with Crippen molar-refractivity contribution in [1.29, 1.82) is 0 Å². The summed E-state index contributed by atoms with van der Waals surface area (Å²) in [5.74, 6) is -2.71. The number of nitrogens with one attached hydrogen (secondary N) is 1. The van der Waals surface area contributed by atoms with Crippen molar-refractivity contribution in [3.63, 3.8) is 0 Å². The van der Waals surface area contributed by atoms with Gasteiger partial charge in [0.15, 0.2) is 6.61 Å². The first-order valence-electron chi connectivity index (χ1n) is 7.12. The van der Waals surface area contributed by atoms with Gasteiger partial charge in [-0.25, -0.2) is 13.6 Å². The molecule has 120 valence electrons. The summed E-state index contributed by atoms with van der Waals surface area (Å²) >= 11 is 0. The van der Waals surface area contributed by atoms with Crippen LogP contribution in [0.2, 0.25) is 0 Å². The van der Waals surface area contributed by atoms with Gasteiger partial charge < -0.3 is 14.8 Å². The maximum absolute atomic E-state index is 13.9. The molecule has 1 amide bonds. The normalized spacial score (nSPS) is 19.6. The largest absolute Gasteiger partial charge is 0.489 e. The molecular weight excluding hydrogens is 304 g/mol. The number of halogens is 2. The lowest BCUT2D eigenvalue weighted by molar-refractivity contribution is -0.104. The maximum Gasteiger partial charge on any atom is 0.408 e. The quantitative estimate of drug-likeness (QED) is 0.935. The average molecular weight is 319 g/mol. The zero-order valence-electron chi connectivity index (χ0n) is 12.2. The summed E-state index contributed by atoms with van der Waals surface area (Å²) in [5, 5.41) is 2.16. The molecule has 4 nitrogen and oxygen atoms in total. The van der Waals surface area contributed by atoms with Crippen LogP contribution in [-0.4, -0.2) is 18.6 Å². The molecule has 1 aliphatic rings. The van der Waals surface area contributed by atoms with Gasteiger partial charge in [-0.15, -0.1) is 0 Å². The van der Waals surface area contributed by atoms with E-state index in [1.54, 1.807) is 12.1 Å². The minimum Gasteiger partial charge on any atom is -0.489 e. The third kappa shape index (κ3) is 3.59. The second kappa shape index (κ2) is 6.24. The number of rotatable bonds is 4. The fourth-order valence-electron chi connectivity index (χ4n) is 2.36. The van der Waals surface area contributed by atoms with Crippen LogP contribution in [0.4, 0.5) is 13.6 Å². The lowest BCUT2D eigenvalue weighted by atomic mass is 10.00. The van der Waals surface area contributed by atoms with Gasteiger partial charge in [-0.2, -0.15) is 0 Å². The number of alkyl halides is 2. The molecule has 2 aromatic rings. The van der Waals surface area contributed by atoms with Gasteiger partial charge in [0.05, 0.1) is 0 Å². The first-order chi connectivity index (χ1) is 11.0. The van der Waals surface area contributed by atoms with E-state index < -0.39 is 24.7 Å². The first kappa shape index (κ1) is 15.3. The van der Waals surface area contributed by atoms with Gasteiger partial charge in [0.1, 0.15) is 18.4 Å². The van der Waals surface area contributed by atoms with Gasteiger partial charge in [-0.1, -0.05) is 42.5 Å². The topological polar surface area (TPSA) is 47.6 Å². The third-order valence-corrected chi connectivity index (χ3v) is 3.52. The van der Waals surface area contributed by atoms with Crippen LogP contribution in [0.15, 0.2) is 54.6 Å². The Bertz CT molecular complexity index is 691. The number of ether oxygens (including phenoxy) is 2. The van der Waals surface area contributed by atoms with E-state index >= 15 is 0 Å². The average Bonchev–Trinajstić information content (AvgIpc) is 2.56. The number of hydrogen-bond acceptors (Lipinski definition) is 3. The maximum atomic E-state index is 13.9. The number of amides is 1. The van der Waals surface area contributed by atoms with Crippen molar-refractivity contribution in [3.05, 3.63) is 65.7 Å². The molecular formula is C17H15F2NO3. The molecule has 1 aliphatic heterocycles. The molecule has 6 heteroatoms.